The molecule has 0 fully saturated rings. The minimum Gasteiger partial charge on any atom is -0.355 e. The van der Waals surface area contributed by atoms with Crippen molar-refractivity contribution in [3.63, 3.8) is 0 Å². The molecular weight excluding hydrogens is 260 g/mol. The fraction of sp³-hybridized carbons (Fsp3) is 0.571. The molecule has 19 heavy (non-hydrogen) atoms. The number of hydrogen-bond acceptors (Lipinski definition) is 3. The maximum absolute atomic E-state index is 5.79. The third-order valence-electron chi connectivity index (χ3n) is 3.22. The van der Waals surface area contributed by atoms with Crippen molar-refractivity contribution in [2.75, 3.05) is 23.9 Å². The van der Waals surface area contributed by atoms with E-state index in [1.165, 1.54) is 0 Å². The Morgan fingerprint density at radius 2 is 2.21 bits per heavy atom. The first-order valence-corrected chi connectivity index (χ1v) is 7.36. The van der Waals surface area contributed by atoms with Gasteiger partial charge in [-0.2, -0.15) is 5.10 Å². The van der Waals surface area contributed by atoms with Gasteiger partial charge in [-0.25, -0.2) is 9.50 Å². The van der Waals surface area contributed by atoms with Crippen LogP contribution in [0.4, 0.5) is 5.82 Å². The lowest BCUT2D eigenvalue weighted by atomic mass is 10.1. The van der Waals surface area contributed by atoms with E-state index in [2.05, 4.69) is 41.8 Å². The van der Waals surface area contributed by atoms with Gasteiger partial charge in [0.05, 0.1) is 5.69 Å². The van der Waals surface area contributed by atoms with Gasteiger partial charge in [-0.05, 0) is 25.3 Å². The lowest BCUT2D eigenvalue weighted by molar-refractivity contribution is 0.770. The van der Waals surface area contributed by atoms with Crippen LogP contribution in [0.25, 0.3) is 5.52 Å². The van der Waals surface area contributed by atoms with E-state index in [1.807, 2.05) is 16.9 Å². The molecule has 0 saturated heterocycles. The predicted molar refractivity (Wildman–Crippen MR) is 80.3 cm³/mol. The second-order valence-electron chi connectivity index (χ2n) is 4.93. The number of halogens is 1. The topological polar surface area (TPSA) is 33.4 Å². The Morgan fingerprint density at radius 3 is 2.84 bits per heavy atom. The summed E-state index contributed by atoms with van der Waals surface area (Å²) in [5.41, 5.74) is 2.17. The second kappa shape index (κ2) is 6.24. The molecule has 0 N–H and O–H groups in total. The van der Waals surface area contributed by atoms with Crippen LogP contribution in [-0.2, 0) is 0 Å². The van der Waals surface area contributed by atoms with E-state index in [0.717, 1.165) is 36.5 Å². The van der Waals surface area contributed by atoms with Crippen LogP contribution in [0.3, 0.4) is 0 Å². The van der Waals surface area contributed by atoms with E-state index < -0.39 is 0 Å². The van der Waals surface area contributed by atoms with Gasteiger partial charge in [-0.1, -0.05) is 13.8 Å². The summed E-state index contributed by atoms with van der Waals surface area (Å²) in [6.07, 6.45) is 4.67. The fourth-order valence-electron chi connectivity index (χ4n) is 2.12. The van der Waals surface area contributed by atoms with Gasteiger partial charge in [0.15, 0.2) is 5.82 Å². The van der Waals surface area contributed by atoms with Gasteiger partial charge in [-0.3, -0.25) is 0 Å². The summed E-state index contributed by atoms with van der Waals surface area (Å²) in [6.45, 7) is 8.29. The zero-order valence-electron chi connectivity index (χ0n) is 11.8. The molecule has 0 aliphatic carbocycles. The van der Waals surface area contributed by atoms with E-state index in [-0.39, 0.29) is 0 Å². The molecule has 2 heterocycles. The molecule has 104 valence electrons. The highest BCUT2D eigenvalue weighted by Crippen LogP contribution is 2.22. The van der Waals surface area contributed by atoms with Crippen molar-refractivity contribution >= 4 is 22.9 Å². The Kier molecular flexibility index (Phi) is 4.64. The number of rotatable bonds is 6. The molecule has 0 bridgehead atoms. The van der Waals surface area contributed by atoms with Crippen LogP contribution in [0, 0.1) is 0 Å². The predicted octanol–water partition coefficient (Wildman–Crippen LogP) is 3.31. The Bertz CT molecular complexity index is 535. The van der Waals surface area contributed by atoms with Gasteiger partial charge in [0.25, 0.3) is 0 Å². The van der Waals surface area contributed by atoms with Crippen LogP contribution >= 0.6 is 11.6 Å². The van der Waals surface area contributed by atoms with Crippen LogP contribution in [-0.4, -0.2) is 33.6 Å². The molecule has 0 spiro atoms. The molecule has 0 radical (unpaired) electrons. The van der Waals surface area contributed by atoms with Crippen molar-refractivity contribution in [3.8, 4) is 0 Å². The van der Waals surface area contributed by atoms with Crippen LogP contribution in [0.15, 0.2) is 18.5 Å². The normalized spacial score (nSPS) is 11.4. The van der Waals surface area contributed by atoms with E-state index in [9.17, 15) is 0 Å². The summed E-state index contributed by atoms with van der Waals surface area (Å²) in [6, 6.07) is 2.14. The van der Waals surface area contributed by atoms with Crippen molar-refractivity contribution < 1.29 is 0 Å². The summed E-state index contributed by atoms with van der Waals surface area (Å²) in [4.78, 5) is 6.78. The quantitative estimate of drug-likeness (QED) is 0.761. The summed E-state index contributed by atoms with van der Waals surface area (Å²) < 4.78 is 1.92. The van der Waals surface area contributed by atoms with Gasteiger partial charge in [0.1, 0.15) is 5.52 Å². The molecule has 0 amide bonds. The third-order valence-corrected chi connectivity index (χ3v) is 3.49. The van der Waals surface area contributed by atoms with E-state index in [0.29, 0.717) is 11.8 Å². The van der Waals surface area contributed by atoms with Crippen molar-refractivity contribution in [2.45, 2.75) is 33.1 Å². The first-order valence-electron chi connectivity index (χ1n) is 6.82. The van der Waals surface area contributed by atoms with Crippen molar-refractivity contribution in [1.82, 2.24) is 14.6 Å². The molecule has 2 aromatic rings. The average Bonchev–Trinajstić information content (AvgIpc) is 2.84. The molecule has 2 rings (SSSR count). The Hall–Kier alpha value is -1.29. The molecule has 0 unspecified atom stereocenters. The largest absolute Gasteiger partial charge is 0.355 e. The zero-order chi connectivity index (χ0) is 13.8. The fourth-order valence-corrected chi connectivity index (χ4v) is 2.24. The number of hydrogen-bond donors (Lipinski definition) is 0. The number of nitrogens with zero attached hydrogens (tertiary/aromatic N) is 4. The van der Waals surface area contributed by atoms with Gasteiger partial charge in [-0.15, -0.1) is 11.6 Å². The van der Waals surface area contributed by atoms with Crippen LogP contribution in [0.2, 0.25) is 0 Å². The highest BCUT2D eigenvalue weighted by Gasteiger charge is 2.13. The molecule has 0 aromatic carbocycles. The molecule has 0 aliphatic heterocycles. The highest BCUT2D eigenvalue weighted by molar-refractivity contribution is 6.17. The average molecular weight is 281 g/mol. The number of anilines is 1. The number of fused-ring (bicyclic) bond motifs is 1. The summed E-state index contributed by atoms with van der Waals surface area (Å²) in [5, 5.41) is 4.59. The van der Waals surface area contributed by atoms with Gasteiger partial charge in [0.2, 0.25) is 0 Å². The molecule has 4 nitrogen and oxygen atoms in total. The molecule has 0 saturated carbocycles. The molecule has 2 aromatic heterocycles. The standard InChI is InChI=1S/C14H21ClN4/c1-4-18(8-5-6-15)14-13-10-12(11(2)3)17-19(13)9-7-16-14/h7,9-11H,4-6,8H2,1-3H3. The van der Waals surface area contributed by atoms with Crippen LogP contribution < -0.4 is 4.90 Å². The highest BCUT2D eigenvalue weighted by atomic mass is 35.5. The second-order valence-corrected chi connectivity index (χ2v) is 5.30. The van der Waals surface area contributed by atoms with Crippen molar-refractivity contribution in [1.29, 1.82) is 0 Å². The maximum atomic E-state index is 5.79. The summed E-state index contributed by atoms with van der Waals surface area (Å²) in [5.74, 6) is 2.09. The van der Waals surface area contributed by atoms with Gasteiger partial charge in [0, 0.05) is 31.4 Å². The van der Waals surface area contributed by atoms with E-state index in [1.54, 1.807) is 0 Å². The first kappa shape index (κ1) is 14.1. The lowest BCUT2D eigenvalue weighted by Gasteiger charge is -2.21. The minimum atomic E-state index is 0.422. The van der Waals surface area contributed by atoms with Gasteiger partial charge < -0.3 is 4.90 Å². The lowest BCUT2D eigenvalue weighted by Crippen LogP contribution is -2.25. The van der Waals surface area contributed by atoms with Crippen molar-refractivity contribution in [2.24, 2.45) is 0 Å². The van der Waals surface area contributed by atoms with Crippen LogP contribution in [0.1, 0.15) is 38.8 Å². The number of alkyl halides is 1. The maximum Gasteiger partial charge on any atom is 0.154 e. The minimum absolute atomic E-state index is 0.422. The Morgan fingerprint density at radius 1 is 1.42 bits per heavy atom. The molecule has 5 heteroatoms. The summed E-state index contributed by atoms with van der Waals surface area (Å²) in [7, 11) is 0. The first-order chi connectivity index (χ1) is 9.17. The van der Waals surface area contributed by atoms with Crippen LogP contribution in [0.5, 0.6) is 0 Å². The third kappa shape index (κ3) is 3.00. The monoisotopic (exact) mass is 280 g/mol. The van der Waals surface area contributed by atoms with E-state index >= 15 is 0 Å². The van der Waals surface area contributed by atoms with Crippen molar-refractivity contribution in [3.05, 3.63) is 24.2 Å². The molecular formula is C14H21ClN4. The SMILES string of the molecule is CCN(CCCCl)c1nccn2nc(C(C)C)cc12. The number of aromatic nitrogens is 3. The van der Waals surface area contributed by atoms with Gasteiger partial charge >= 0.3 is 0 Å². The smallest absolute Gasteiger partial charge is 0.154 e. The Labute approximate surface area is 119 Å². The molecule has 0 aliphatic rings. The zero-order valence-corrected chi connectivity index (χ0v) is 12.6. The molecule has 0 atom stereocenters. The Balaban J connectivity index is 2.41. The van der Waals surface area contributed by atoms with E-state index in [4.69, 9.17) is 11.6 Å². The summed E-state index contributed by atoms with van der Waals surface area (Å²) >= 11 is 5.79.